The lowest BCUT2D eigenvalue weighted by atomic mass is 10.1. The molecule has 1 atom stereocenters. The van der Waals surface area contributed by atoms with Gasteiger partial charge < -0.3 is 53.5 Å². The molecular formula is C49H59BrN10O10P2. The van der Waals surface area contributed by atoms with E-state index < -0.39 is 15.7 Å². The van der Waals surface area contributed by atoms with E-state index >= 15 is 0 Å². The van der Waals surface area contributed by atoms with Crippen LogP contribution in [-0.4, -0.2) is 115 Å². The molecule has 0 saturated carbocycles. The van der Waals surface area contributed by atoms with Crippen molar-refractivity contribution in [1.82, 2.24) is 39.0 Å². The van der Waals surface area contributed by atoms with Crippen LogP contribution >= 0.6 is 31.7 Å². The number of methoxy groups -OCH3 is 4. The highest BCUT2D eigenvalue weighted by Gasteiger charge is 2.26. The predicted octanol–water partition coefficient (Wildman–Crippen LogP) is 7.54. The first kappa shape index (κ1) is 55.0. The molecule has 72 heavy (non-hydrogen) atoms. The number of rotatable bonds is 22. The normalized spacial score (nSPS) is 11.9. The third kappa shape index (κ3) is 14.4. The number of hydrogen-bond acceptors (Lipinski definition) is 18. The summed E-state index contributed by atoms with van der Waals surface area (Å²) in [4.78, 5) is 26.1. The standard InChI is InChI=1S/C24H28N5O5P.C17H20BrN5O3.C8H11O2P/c1-31-12-13-34-23-27-21(25)20-22(28-23)29(24(26-20)32-2)15-17-8-7-9-18(14-17)16-35(30,33-3)19-10-5-4-6-11-19;1-24-6-7-26-16-21-14(19)13-15(22-16)23(17(20-13)25-2)10-12-5-3-4-11(8-12)9-18;1-9-11(10-2)8-6-4-3-5-7-8/h4-11,14H,12-13,15-16H2,1-3H3,(H2,25,27,28);3-5,8H,6-7,9-10H2,1-2H3,(H2,19,21,22);3-7H,1-2H3. The van der Waals surface area contributed by atoms with Crippen LogP contribution in [0.3, 0.4) is 0 Å². The van der Waals surface area contributed by atoms with Crippen LogP contribution in [0, 0.1) is 0 Å². The van der Waals surface area contributed by atoms with Gasteiger partial charge >= 0.3 is 12.0 Å². The number of nitrogens with two attached hydrogens (primary N) is 2. The van der Waals surface area contributed by atoms with E-state index in [1.807, 2.05) is 102 Å². The average Bonchev–Trinajstić information content (AvgIpc) is 3.95. The third-order valence-electron chi connectivity index (χ3n) is 10.5. The maximum atomic E-state index is 13.5. The summed E-state index contributed by atoms with van der Waals surface area (Å²) >= 11 is 3.48. The van der Waals surface area contributed by atoms with Crippen LogP contribution in [0.4, 0.5) is 11.6 Å². The van der Waals surface area contributed by atoms with Crippen LogP contribution < -0.4 is 41.0 Å². The maximum Gasteiger partial charge on any atom is 0.320 e. The summed E-state index contributed by atoms with van der Waals surface area (Å²) in [5.74, 6) is 0.436. The van der Waals surface area contributed by atoms with E-state index in [2.05, 4.69) is 58.0 Å². The molecule has 8 aromatic rings. The number of fused-ring (bicyclic) bond motifs is 2. The summed E-state index contributed by atoms with van der Waals surface area (Å²) in [6, 6.07) is 36.3. The highest BCUT2D eigenvalue weighted by atomic mass is 79.9. The van der Waals surface area contributed by atoms with Gasteiger partial charge in [0.05, 0.1) is 46.7 Å². The van der Waals surface area contributed by atoms with Gasteiger partial charge in [0.2, 0.25) is 15.7 Å². The van der Waals surface area contributed by atoms with E-state index in [-0.39, 0.29) is 36.4 Å². The monoisotopic (exact) mass is 1090 g/mol. The number of alkyl halides is 1. The fourth-order valence-corrected chi connectivity index (χ4v) is 10.3. The van der Waals surface area contributed by atoms with Crippen molar-refractivity contribution in [2.24, 2.45) is 0 Å². The van der Waals surface area contributed by atoms with Gasteiger partial charge in [0.1, 0.15) is 13.2 Å². The number of hydrogen-bond donors (Lipinski definition) is 2. The zero-order valence-corrected chi connectivity index (χ0v) is 44.5. The molecule has 0 spiro atoms. The van der Waals surface area contributed by atoms with Crippen LogP contribution in [-0.2, 0) is 52.2 Å². The number of aromatic nitrogens is 8. The Morgan fingerprint density at radius 1 is 0.556 bits per heavy atom. The van der Waals surface area contributed by atoms with Crippen molar-refractivity contribution in [3.8, 4) is 24.0 Å². The van der Waals surface area contributed by atoms with E-state index in [0.29, 0.717) is 72.6 Å². The molecule has 4 N–H and O–H groups in total. The summed E-state index contributed by atoms with van der Waals surface area (Å²) in [7, 11) is 7.16. The minimum Gasteiger partial charge on any atom is -0.468 e. The van der Waals surface area contributed by atoms with Crippen molar-refractivity contribution in [2.45, 2.75) is 24.6 Å². The summed E-state index contributed by atoms with van der Waals surface area (Å²) in [6.45, 7) is 2.38. The number of imidazole rings is 2. The number of ether oxygens (including phenoxy) is 6. The van der Waals surface area contributed by atoms with Crippen molar-refractivity contribution < 1.29 is 46.6 Å². The van der Waals surface area contributed by atoms with Crippen molar-refractivity contribution in [1.29, 1.82) is 0 Å². The second-order valence-corrected chi connectivity index (χ2v) is 20.1. The van der Waals surface area contributed by atoms with E-state index in [1.54, 1.807) is 40.1 Å². The van der Waals surface area contributed by atoms with Crippen LogP contribution in [0.2, 0.25) is 0 Å². The molecule has 0 saturated heterocycles. The molecule has 0 aliphatic carbocycles. The molecule has 4 heterocycles. The Labute approximate surface area is 427 Å². The number of anilines is 2. The summed E-state index contributed by atoms with van der Waals surface area (Å²) < 4.78 is 64.9. The van der Waals surface area contributed by atoms with Gasteiger partial charge in [-0.1, -0.05) is 101 Å². The molecule has 0 bridgehead atoms. The maximum absolute atomic E-state index is 13.5. The van der Waals surface area contributed by atoms with E-state index in [1.165, 1.54) is 19.8 Å². The Bertz CT molecular complexity index is 3010. The summed E-state index contributed by atoms with van der Waals surface area (Å²) in [5.41, 5.74) is 18.2. The number of nitrogens with zero attached hydrogens (tertiary/aromatic N) is 8. The molecule has 0 fully saturated rings. The van der Waals surface area contributed by atoms with Crippen molar-refractivity contribution >= 4 is 76.2 Å². The molecular weight excluding hydrogens is 1030 g/mol. The van der Waals surface area contributed by atoms with Gasteiger partial charge in [-0.05, 0) is 46.5 Å². The second-order valence-electron chi connectivity index (χ2n) is 15.3. The molecule has 4 aromatic heterocycles. The first-order valence-electron chi connectivity index (χ1n) is 22.3. The number of nitrogen functional groups attached to an aromatic ring is 2. The lowest BCUT2D eigenvalue weighted by Crippen LogP contribution is -2.10. The van der Waals surface area contributed by atoms with Gasteiger partial charge in [-0.3, -0.25) is 13.7 Å². The first-order valence-corrected chi connectivity index (χ1v) is 26.4. The highest BCUT2D eigenvalue weighted by Crippen LogP contribution is 2.48. The Hall–Kier alpha value is -6.28. The zero-order valence-electron chi connectivity index (χ0n) is 41.1. The minimum atomic E-state index is -3.05. The molecule has 1 unspecified atom stereocenters. The van der Waals surface area contributed by atoms with E-state index in [9.17, 15) is 4.57 Å². The molecule has 4 aromatic carbocycles. The van der Waals surface area contributed by atoms with Gasteiger partial charge in [-0.15, -0.1) is 0 Å². The van der Waals surface area contributed by atoms with Gasteiger partial charge in [0.25, 0.3) is 12.0 Å². The van der Waals surface area contributed by atoms with Crippen LogP contribution in [0.5, 0.6) is 24.0 Å². The van der Waals surface area contributed by atoms with Crippen LogP contribution in [0.25, 0.3) is 22.3 Å². The lowest BCUT2D eigenvalue weighted by molar-refractivity contribution is 0.141. The predicted molar refractivity (Wildman–Crippen MR) is 282 cm³/mol. The topological polar surface area (TPSA) is 239 Å². The quantitative estimate of drug-likeness (QED) is 0.0378. The Morgan fingerprint density at radius 2 is 1.01 bits per heavy atom. The van der Waals surface area contributed by atoms with Gasteiger partial charge in [-0.2, -0.15) is 29.9 Å². The summed E-state index contributed by atoms with van der Waals surface area (Å²) in [5, 5.41) is 2.57. The molecule has 8 rings (SSSR count). The molecule has 382 valence electrons. The average molecular weight is 1090 g/mol. The molecule has 20 nitrogen and oxygen atoms in total. The van der Waals surface area contributed by atoms with Crippen molar-refractivity contribution in [2.75, 3.05) is 87.7 Å². The molecule has 0 amide bonds. The number of halogens is 1. The molecule has 0 radical (unpaired) electrons. The minimum absolute atomic E-state index is 0.133. The lowest BCUT2D eigenvalue weighted by Gasteiger charge is -2.17. The van der Waals surface area contributed by atoms with E-state index in [0.717, 1.165) is 27.3 Å². The number of benzene rings is 4. The summed E-state index contributed by atoms with van der Waals surface area (Å²) in [6.07, 6.45) is 0.274. The molecule has 0 aliphatic heterocycles. The van der Waals surface area contributed by atoms with Crippen LogP contribution in [0.1, 0.15) is 22.3 Å². The molecule has 23 heteroatoms. The second kappa shape index (κ2) is 27.5. The fraction of sp³-hybridized carbons (Fsp3) is 0.306. The first-order chi connectivity index (χ1) is 35.0. The Morgan fingerprint density at radius 3 is 1.46 bits per heavy atom. The van der Waals surface area contributed by atoms with E-state index in [4.69, 9.17) is 53.5 Å². The smallest absolute Gasteiger partial charge is 0.320 e. The Balaban J connectivity index is 0.000000200. The highest BCUT2D eigenvalue weighted by molar-refractivity contribution is 9.08. The van der Waals surface area contributed by atoms with Gasteiger partial charge in [-0.25, -0.2) is 0 Å². The largest absolute Gasteiger partial charge is 0.468 e. The fourth-order valence-electron chi connectivity index (χ4n) is 7.12. The van der Waals surface area contributed by atoms with Crippen LogP contribution in [0.15, 0.2) is 109 Å². The zero-order chi connectivity index (χ0) is 51.5. The van der Waals surface area contributed by atoms with Gasteiger partial charge in [0.15, 0.2) is 34.0 Å². The van der Waals surface area contributed by atoms with Crippen molar-refractivity contribution in [3.05, 3.63) is 131 Å². The van der Waals surface area contributed by atoms with Crippen molar-refractivity contribution in [3.63, 3.8) is 0 Å². The SMILES string of the molecule is COCCOc1nc(N)c2nc(OC)n(Cc3cccc(CBr)c3)c2n1.COCCOc1nc(N)c2nc(OC)n(Cc3cccc(CP(=O)(OC)c4ccccc4)c3)c2n1.COP(OC)c1ccccc1. The Kier molecular flexibility index (Phi) is 21.0. The van der Waals surface area contributed by atoms with Gasteiger partial charge in [0, 0.05) is 51.5 Å². The third-order valence-corrected chi connectivity index (χ3v) is 15.0. The molecule has 0 aliphatic rings.